The van der Waals surface area contributed by atoms with E-state index in [2.05, 4.69) is 27.7 Å². The van der Waals surface area contributed by atoms with Gasteiger partial charge in [0.25, 0.3) is 11.6 Å². The fraction of sp³-hybridized carbons (Fsp3) is 0.381. The van der Waals surface area contributed by atoms with Crippen molar-refractivity contribution in [3.8, 4) is 0 Å². The van der Waals surface area contributed by atoms with Crippen LogP contribution < -0.4 is 10.6 Å². The number of hydrogen-bond acceptors (Lipinski definition) is 5. The minimum absolute atomic E-state index is 0.0387. The van der Waals surface area contributed by atoms with Crippen molar-refractivity contribution in [1.29, 1.82) is 0 Å². The Balaban J connectivity index is 2.15. The molecule has 0 aromatic heterocycles. The molecule has 0 heterocycles. The second-order valence-corrected chi connectivity index (χ2v) is 7.31. The monoisotopic (exact) mass is 384 g/mol. The summed E-state index contributed by atoms with van der Waals surface area (Å²) < 4.78 is 0. The molecule has 0 bridgehead atoms. The van der Waals surface area contributed by atoms with Gasteiger partial charge >= 0.3 is 0 Å². The quantitative estimate of drug-likeness (QED) is 0.511. The van der Waals surface area contributed by atoms with Crippen molar-refractivity contribution in [3.05, 3.63) is 69.8 Å². The van der Waals surface area contributed by atoms with Gasteiger partial charge in [0.1, 0.15) is 5.69 Å². The molecule has 28 heavy (non-hydrogen) atoms. The molecule has 0 radical (unpaired) electrons. The van der Waals surface area contributed by atoms with Crippen molar-refractivity contribution >= 4 is 17.3 Å². The summed E-state index contributed by atoms with van der Waals surface area (Å²) in [7, 11) is 3.98. The minimum atomic E-state index is -0.462. The molecule has 1 unspecified atom stereocenters. The second-order valence-electron chi connectivity index (χ2n) is 7.31. The molecule has 2 N–H and O–H groups in total. The lowest BCUT2D eigenvalue weighted by atomic mass is 10.0. The van der Waals surface area contributed by atoms with E-state index >= 15 is 0 Å². The molecule has 0 aliphatic carbocycles. The maximum Gasteiger partial charge on any atom is 0.293 e. The molecule has 2 rings (SSSR count). The van der Waals surface area contributed by atoms with Gasteiger partial charge in [-0.05, 0) is 52.1 Å². The van der Waals surface area contributed by atoms with E-state index in [0.717, 1.165) is 6.42 Å². The highest BCUT2D eigenvalue weighted by Gasteiger charge is 2.20. The van der Waals surface area contributed by atoms with E-state index in [9.17, 15) is 14.9 Å². The summed E-state index contributed by atoms with van der Waals surface area (Å²) in [4.78, 5) is 25.3. The zero-order valence-corrected chi connectivity index (χ0v) is 16.8. The number of nitro benzene ring substituents is 1. The first-order chi connectivity index (χ1) is 13.3. The van der Waals surface area contributed by atoms with Gasteiger partial charge in [0.15, 0.2) is 0 Å². The van der Waals surface area contributed by atoms with E-state index in [1.54, 1.807) is 12.1 Å². The van der Waals surface area contributed by atoms with E-state index in [-0.39, 0.29) is 29.2 Å². The summed E-state index contributed by atoms with van der Waals surface area (Å²) >= 11 is 0. The lowest BCUT2D eigenvalue weighted by molar-refractivity contribution is -0.384. The molecule has 2 aromatic carbocycles. The van der Waals surface area contributed by atoms with Crippen molar-refractivity contribution < 1.29 is 9.72 Å². The summed E-state index contributed by atoms with van der Waals surface area (Å²) in [5.74, 6) is -0.320. The van der Waals surface area contributed by atoms with Gasteiger partial charge in [-0.25, -0.2) is 0 Å². The third kappa shape index (κ3) is 6.06. The Morgan fingerprint density at radius 1 is 1.14 bits per heavy atom. The Labute approximate surface area is 165 Å². The van der Waals surface area contributed by atoms with Crippen LogP contribution >= 0.6 is 0 Å². The number of carbonyl (C=O) groups is 1. The second kappa shape index (κ2) is 9.85. The number of nitrogens with zero attached hydrogens (tertiary/aromatic N) is 2. The minimum Gasteiger partial charge on any atom is -0.378 e. The largest absolute Gasteiger partial charge is 0.378 e. The van der Waals surface area contributed by atoms with E-state index < -0.39 is 4.92 Å². The molecule has 0 saturated heterocycles. The zero-order valence-electron chi connectivity index (χ0n) is 16.8. The molecule has 7 nitrogen and oxygen atoms in total. The van der Waals surface area contributed by atoms with Crippen LogP contribution in [0.3, 0.4) is 0 Å². The van der Waals surface area contributed by atoms with Gasteiger partial charge in [0, 0.05) is 30.3 Å². The Kier molecular flexibility index (Phi) is 7.52. The van der Waals surface area contributed by atoms with E-state index in [1.165, 1.54) is 11.6 Å². The Bertz CT molecular complexity index is 807. The Morgan fingerprint density at radius 2 is 1.82 bits per heavy atom. The number of benzene rings is 2. The standard InChI is InChI=1S/C21H28N4O3/c1-15(2)23-21(26)17-10-11-19(20(13-17)25(27)28)22-14-18(24(3)4)12-16-8-6-5-7-9-16/h5-11,13,15,18,22H,12,14H2,1-4H3,(H,23,26). The highest BCUT2D eigenvalue weighted by molar-refractivity contribution is 5.95. The first kappa shape index (κ1) is 21.4. The van der Waals surface area contributed by atoms with E-state index in [0.29, 0.717) is 12.2 Å². The highest BCUT2D eigenvalue weighted by atomic mass is 16.6. The van der Waals surface area contributed by atoms with Crippen molar-refractivity contribution in [3.63, 3.8) is 0 Å². The molecule has 0 fully saturated rings. The van der Waals surface area contributed by atoms with Crippen LogP contribution in [0.1, 0.15) is 29.8 Å². The van der Waals surface area contributed by atoms with Gasteiger partial charge in [-0.3, -0.25) is 14.9 Å². The molecule has 0 saturated carbocycles. The smallest absolute Gasteiger partial charge is 0.293 e. The normalized spacial score (nSPS) is 12.1. The van der Waals surface area contributed by atoms with Gasteiger partial charge in [0.2, 0.25) is 0 Å². The number of anilines is 1. The van der Waals surface area contributed by atoms with E-state index in [1.807, 2.05) is 46.1 Å². The fourth-order valence-electron chi connectivity index (χ4n) is 2.87. The van der Waals surface area contributed by atoms with Crippen molar-refractivity contribution in [2.24, 2.45) is 0 Å². The van der Waals surface area contributed by atoms with Crippen LogP contribution in [0.15, 0.2) is 48.5 Å². The number of nitro groups is 1. The molecule has 150 valence electrons. The number of amides is 1. The zero-order chi connectivity index (χ0) is 20.7. The van der Waals surface area contributed by atoms with Gasteiger partial charge in [-0.1, -0.05) is 30.3 Å². The molecule has 1 atom stereocenters. The fourth-order valence-corrected chi connectivity index (χ4v) is 2.87. The number of nitrogens with one attached hydrogen (secondary N) is 2. The predicted octanol–water partition coefficient (Wildman–Crippen LogP) is 3.32. The molecule has 1 amide bonds. The van der Waals surface area contributed by atoms with Crippen LogP contribution in [0.2, 0.25) is 0 Å². The van der Waals surface area contributed by atoms with Crippen LogP contribution in [0.5, 0.6) is 0 Å². The number of hydrogen-bond donors (Lipinski definition) is 2. The molecule has 7 heteroatoms. The molecule has 0 aliphatic heterocycles. The summed E-state index contributed by atoms with van der Waals surface area (Å²) in [5, 5.41) is 17.4. The SMILES string of the molecule is CC(C)NC(=O)c1ccc(NCC(Cc2ccccc2)N(C)C)c([N+](=O)[O-])c1. The lowest BCUT2D eigenvalue weighted by Gasteiger charge is -2.25. The summed E-state index contributed by atoms with van der Waals surface area (Å²) in [6, 6.07) is 14.8. The third-order valence-corrected chi connectivity index (χ3v) is 4.45. The molecule has 2 aromatic rings. The summed E-state index contributed by atoms with van der Waals surface area (Å²) in [6.45, 7) is 4.23. The van der Waals surface area contributed by atoms with E-state index in [4.69, 9.17) is 0 Å². The number of likely N-dealkylation sites (N-methyl/N-ethyl adjacent to an activating group) is 1. The number of carbonyl (C=O) groups excluding carboxylic acids is 1. The molecular weight excluding hydrogens is 356 g/mol. The average molecular weight is 384 g/mol. The molecule has 0 spiro atoms. The topological polar surface area (TPSA) is 87.5 Å². The predicted molar refractivity (Wildman–Crippen MR) is 112 cm³/mol. The molecular formula is C21H28N4O3. The maximum absolute atomic E-state index is 12.1. The van der Waals surface area contributed by atoms with Gasteiger partial charge in [-0.15, -0.1) is 0 Å². The van der Waals surface area contributed by atoms with Gasteiger partial charge in [0.05, 0.1) is 4.92 Å². The summed E-state index contributed by atoms with van der Waals surface area (Å²) in [6.07, 6.45) is 0.823. The third-order valence-electron chi connectivity index (χ3n) is 4.45. The highest BCUT2D eigenvalue weighted by Crippen LogP contribution is 2.26. The van der Waals surface area contributed by atoms with Crippen LogP contribution in [0, 0.1) is 10.1 Å². The van der Waals surface area contributed by atoms with Crippen LogP contribution in [-0.2, 0) is 6.42 Å². The first-order valence-electron chi connectivity index (χ1n) is 9.31. The van der Waals surface area contributed by atoms with Crippen LogP contribution in [-0.4, -0.2) is 48.5 Å². The first-order valence-corrected chi connectivity index (χ1v) is 9.31. The maximum atomic E-state index is 12.1. The Morgan fingerprint density at radius 3 is 2.39 bits per heavy atom. The average Bonchev–Trinajstić information content (AvgIpc) is 2.65. The number of rotatable bonds is 9. The summed E-state index contributed by atoms with van der Waals surface area (Å²) in [5.41, 5.74) is 1.79. The molecule has 0 aliphatic rings. The van der Waals surface area contributed by atoms with Crippen LogP contribution in [0.4, 0.5) is 11.4 Å². The van der Waals surface area contributed by atoms with Crippen molar-refractivity contribution in [2.45, 2.75) is 32.4 Å². The Hall–Kier alpha value is -2.93. The van der Waals surface area contributed by atoms with Crippen molar-refractivity contribution in [1.82, 2.24) is 10.2 Å². The van der Waals surface area contributed by atoms with Gasteiger partial charge in [-0.2, -0.15) is 0 Å². The van der Waals surface area contributed by atoms with Gasteiger partial charge < -0.3 is 15.5 Å². The lowest BCUT2D eigenvalue weighted by Crippen LogP contribution is -2.36. The van der Waals surface area contributed by atoms with Crippen LogP contribution in [0.25, 0.3) is 0 Å². The van der Waals surface area contributed by atoms with Crippen molar-refractivity contribution in [2.75, 3.05) is 26.0 Å².